The fourth-order valence-electron chi connectivity index (χ4n) is 3.39. The Morgan fingerprint density at radius 2 is 1.71 bits per heavy atom. The van der Waals surface area contributed by atoms with E-state index in [1.54, 1.807) is 24.3 Å². The summed E-state index contributed by atoms with van der Waals surface area (Å²) in [6.45, 7) is 1.75. The number of carboxylic acid groups (broad SMARTS) is 1. The molecule has 1 amide bonds. The summed E-state index contributed by atoms with van der Waals surface area (Å²) in [7, 11) is 0. The molecule has 0 fully saturated rings. The predicted octanol–water partition coefficient (Wildman–Crippen LogP) is 2.62. The number of benzene rings is 2. The van der Waals surface area contributed by atoms with Crippen molar-refractivity contribution < 1.29 is 14.7 Å². The highest BCUT2D eigenvalue weighted by atomic mass is 16.4. The number of hydrogen-bond acceptors (Lipinski definition) is 4. The summed E-state index contributed by atoms with van der Waals surface area (Å²) in [4.78, 5) is 25.3. The monoisotopic (exact) mass is 376 g/mol. The van der Waals surface area contributed by atoms with Crippen LogP contribution in [0.4, 0.5) is 0 Å². The lowest BCUT2D eigenvalue weighted by Crippen LogP contribution is -2.38. The standard InChI is InChI=1S/C21H20N4O3/c26-19(11-8-15-6-9-17(10-7-15)21(27)28)24-12-13-25-18(14-24)22-23-20(25)16-4-2-1-3-5-16/h1-7,9-10H,8,11-14H2,(H,27,28). The lowest BCUT2D eigenvalue weighted by Gasteiger charge is -2.28. The Morgan fingerprint density at radius 1 is 0.964 bits per heavy atom. The Kier molecular flexibility index (Phi) is 4.89. The highest BCUT2D eigenvalue weighted by Gasteiger charge is 2.24. The van der Waals surface area contributed by atoms with Gasteiger partial charge in [0.05, 0.1) is 12.1 Å². The molecular weight excluding hydrogens is 356 g/mol. The molecule has 2 aromatic carbocycles. The lowest BCUT2D eigenvalue weighted by molar-refractivity contribution is -0.132. The molecule has 4 rings (SSSR count). The maximum atomic E-state index is 12.6. The molecule has 0 saturated heterocycles. The van der Waals surface area contributed by atoms with Gasteiger partial charge >= 0.3 is 5.97 Å². The Labute approximate surface area is 162 Å². The number of aromatic nitrogens is 3. The Morgan fingerprint density at radius 3 is 2.43 bits per heavy atom. The summed E-state index contributed by atoms with van der Waals surface area (Å²) >= 11 is 0. The van der Waals surface area contributed by atoms with E-state index in [1.807, 2.05) is 35.2 Å². The first-order chi connectivity index (χ1) is 13.6. The molecule has 1 aliphatic rings. The van der Waals surface area contributed by atoms with E-state index in [9.17, 15) is 9.59 Å². The molecule has 1 aliphatic heterocycles. The second kappa shape index (κ2) is 7.64. The summed E-state index contributed by atoms with van der Waals surface area (Å²) in [5.74, 6) is 0.748. The van der Waals surface area contributed by atoms with Crippen LogP contribution >= 0.6 is 0 Å². The molecule has 1 aromatic heterocycles. The number of hydrogen-bond donors (Lipinski definition) is 1. The molecule has 0 spiro atoms. The number of rotatable bonds is 5. The van der Waals surface area contributed by atoms with E-state index in [0.29, 0.717) is 32.5 Å². The molecule has 0 bridgehead atoms. The number of aromatic carboxylic acids is 1. The van der Waals surface area contributed by atoms with Crippen molar-refractivity contribution in [2.45, 2.75) is 25.9 Å². The van der Waals surface area contributed by atoms with E-state index >= 15 is 0 Å². The van der Waals surface area contributed by atoms with Crippen molar-refractivity contribution >= 4 is 11.9 Å². The average molecular weight is 376 g/mol. The summed E-state index contributed by atoms with van der Waals surface area (Å²) in [6.07, 6.45) is 0.962. The molecular formula is C21H20N4O3. The molecule has 0 atom stereocenters. The minimum absolute atomic E-state index is 0.0674. The maximum absolute atomic E-state index is 12.6. The minimum atomic E-state index is -0.949. The smallest absolute Gasteiger partial charge is 0.335 e. The Hall–Kier alpha value is -3.48. The SMILES string of the molecule is O=C(O)c1ccc(CCC(=O)N2CCn3c(nnc3-c3ccccc3)C2)cc1. The van der Waals surface area contributed by atoms with Gasteiger partial charge in [-0.3, -0.25) is 4.79 Å². The zero-order valence-corrected chi connectivity index (χ0v) is 15.3. The number of fused-ring (bicyclic) bond motifs is 1. The number of carbonyl (C=O) groups is 2. The van der Waals surface area contributed by atoms with E-state index in [2.05, 4.69) is 14.8 Å². The average Bonchev–Trinajstić information content (AvgIpc) is 3.16. The van der Waals surface area contributed by atoms with Gasteiger partial charge in [-0.2, -0.15) is 0 Å². The highest BCUT2D eigenvalue weighted by molar-refractivity contribution is 5.87. The third kappa shape index (κ3) is 3.64. The Balaban J connectivity index is 1.38. The van der Waals surface area contributed by atoms with E-state index in [0.717, 1.165) is 22.8 Å². The first-order valence-electron chi connectivity index (χ1n) is 9.19. The van der Waals surface area contributed by atoms with E-state index < -0.39 is 5.97 Å². The van der Waals surface area contributed by atoms with Gasteiger partial charge in [0.25, 0.3) is 0 Å². The van der Waals surface area contributed by atoms with Gasteiger partial charge < -0.3 is 14.6 Å². The topological polar surface area (TPSA) is 88.3 Å². The van der Waals surface area contributed by atoms with E-state index in [-0.39, 0.29) is 11.5 Å². The number of nitrogens with zero attached hydrogens (tertiary/aromatic N) is 4. The molecule has 2 heterocycles. The first-order valence-corrected chi connectivity index (χ1v) is 9.19. The van der Waals surface area contributed by atoms with E-state index in [1.165, 1.54) is 0 Å². The fourth-order valence-corrected chi connectivity index (χ4v) is 3.39. The molecule has 0 aliphatic carbocycles. The second-order valence-corrected chi connectivity index (χ2v) is 6.77. The van der Waals surface area contributed by atoms with Crippen molar-refractivity contribution in [3.8, 4) is 11.4 Å². The van der Waals surface area contributed by atoms with Crippen molar-refractivity contribution in [1.82, 2.24) is 19.7 Å². The van der Waals surface area contributed by atoms with Gasteiger partial charge in [0.2, 0.25) is 5.91 Å². The van der Waals surface area contributed by atoms with Crippen LogP contribution in [0.3, 0.4) is 0 Å². The summed E-state index contributed by atoms with van der Waals surface area (Å²) < 4.78 is 2.07. The van der Waals surface area contributed by atoms with Crippen molar-refractivity contribution in [2.75, 3.05) is 6.54 Å². The molecule has 28 heavy (non-hydrogen) atoms. The van der Waals surface area contributed by atoms with Gasteiger partial charge in [-0.1, -0.05) is 42.5 Å². The molecule has 3 aromatic rings. The van der Waals surface area contributed by atoms with Crippen LogP contribution in [0.25, 0.3) is 11.4 Å². The summed E-state index contributed by atoms with van der Waals surface area (Å²) in [6, 6.07) is 16.6. The Bertz CT molecular complexity index is 996. The molecule has 0 saturated carbocycles. The van der Waals surface area contributed by atoms with Crippen LogP contribution in [-0.2, 0) is 24.3 Å². The third-order valence-corrected chi connectivity index (χ3v) is 4.97. The van der Waals surface area contributed by atoms with Crippen LogP contribution in [-0.4, -0.2) is 43.2 Å². The molecule has 7 heteroatoms. The van der Waals surface area contributed by atoms with Crippen LogP contribution in [0.1, 0.15) is 28.2 Å². The molecule has 142 valence electrons. The molecule has 0 unspecified atom stereocenters. The van der Waals surface area contributed by atoms with Gasteiger partial charge in [0.1, 0.15) is 0 Å². The van der Waals surface area contributed by atoms with Gasteiger partial charge in [-0.15, -0.1) is 10.2 Å². The predicted molar refractivity (Wildman–Crippen MR) is 103 cm³/mol. The molecule has 7 nitrogen and oxygen atoms in total. The van der Waals surface area contributed by atoms with Crippen LogP contribution in [0.2, 0.25) is 0 Å². The van der Waals surface area contributed by atoms with Crippen LogP contribution in [0.15, 0.2) is 54.6 Å². The number of carbonyl (C=O) groups excluding carboxylic acids is 1. The lowest BCUT2D eigenvalue weighted by atomic mass is 10.1. The summed E-state index contributed by atoms with van der Waals surface area (Å²) in [5, 5.41) is 17.5. The number of aryl methyl sites for hydroxylation is 1. The van der Waals surface area contributed by atoms with Gasteiger partial charge in [0.15, 0.2) is 11.6 Å². The first kappa shape index (κ1) is 17.9. The van der Waals surface area contributed by atoms with Crippen molar-refractivity contribution in [3.63, 3.8) is 0 Å². The van der Waals surface area contributed by atoms with E-state index in [4.69, 9.17) is 5.11 Å². The molecule has 0 radical (unpaired) electrons. The van der Waals surface area contributed by atoms with Gasteiger partial charge in [-0.25, -0.2) is 4.79 Å². The van der Waals surface area contributed by atoms with Gasteiger partial charge in [0, 0.05) is 25.1 Å². The fraction of sp³-hybridized carbons (Fsp3) is 0.238. The van der Waals surface area contributed by atoms with Crippen LogP contribution in [0, 0.1) is 0 Å². The van der Waals surface area contributed by atoms with Gasteiger partial charge in [-0.05, 0) is 24.1 Å². The highest BCUT2D eigenvalue weighted by Crippen LogP contribution is 2.22. The van der Waals surface area contributed by atoms with Crippen LogP contribution < -0.4 is 0 Å². The number of amides is 1. The maximum Gasteiger partial charge on any atom is 0.335 e. The van der Waals surface area contributed by atoms with Crippen LogP contribution in [0.5, 0.6) is 0 Å². The zero-order valence-electron chi connectivity index (χ0n) is 15.3. The van der Waals surface area contributed by atoms with Crippen molar-refractivity contribution in [2.24, 2.45) is 0 Å². The quantitative estimate of drug-likeness (QED) is 0.739. The normalized spacial score (nSPS) is 13.2. The summed E-state index contributed by atoms with van der Waals surface area (Å²) in [5.41, 5.74) is 2.22. The number of carboxylic acids is 1. The zero-order chi connectivity index (χ0) is 19.5. The minimum Gasteiger partial charge on any atom is -0.478 e. The van der Waals surface area contributed by atoms with Crippen molar-refractivity contribution in [1.29, 1.82) is 0 Å². The van der Waals surface area contributed by atoms with Crippen molar-refractivity contribution in [3.05, 3.63) is 71.5 Å². The third-order valence-electron chi connectivity index (χ3n) is 4.97. The largest absolute Gasteiger partial charge is 0.478 e. The second-order valence-electron chi connectivity index (χ2n) is 6.77. The molecule has 1 N–H and O–H groups in total.